The van der Waals surface area contributed by atoms with Gasteiger partial charge in [0.25, 0.3) is 0 Å². The molecule has 5 rings (SSSR count). The summed E-state index contributed by atoms with van der Waals surface area (Å²) in [5, 5.41) is 0. The van der Waals surface area contributed by atoms with Crippen molar-refractivity contribution in [3.05, 3.63) is 72.4 Å². The molecule has 3 heterocycles. The van der Waals surface area contributed by atoms with Gasteiger partial charge in [-0.25, -0.2) is 0 Å². The number of pyridine rings is 1. The Morgan fingerprint density at radius 2 is 1.55 bits per heavy atom. The van der Waals surface area contributed by atoms with Crippen LogP contribution in [-0.4, -0.2) is 29.2 Å². The molecule has 168 valence electrons. The van der Waals surface area contributed by atoms with E-state index in [1.807, 2.05) is 93.4 Å². The minimum absolute atomic E-state index is 0.0763. The van der Waals surface area contributed by atoms with Gasteiger partial charge in [-0.1, -0.05) is 43.3 Å². The zero-order valence-electron chi connectivity index (χ0n) is 19.8. The third kappa shape index (κ3) is 3.58. The molecule has 5 nitrogen and oxygen atoms in total. The maximum Gasteiger partial charge on any atom is 0.514 e. The quantitative estimate of drug-likeness (QED) is 0.522. The Morgan fingerprint density at radius 3 is 2.15 bits per heavy atom. The van der Waals surface area contributed by atoms with E-state index in [1.165, 1.54) is 0 Å². The third-order valence-electron chi connectivity index (χ3n) is 7.22. The van der Waals surface area contributed by atoms with Gasteiger partial charge in [0.15, 0.2) is 0 Å². The van der Waals surface area contributed by atoms with Crippen LogP contribution in [-0.2, 0) is 14.1 Å². The van der Waals surface area contributed by atoms with E-state index in [0.717, 1.165) is 40.1 Å². The smallest absolute Gasteiger partial charge is 0.398 e. The topological polar surface area (TPSA) is 51.7 Å². The van der Waals surface area contributed by atoms with Crippen molar-refractivity contribution in [3.63, 3.8) is 0 Å². The van der Waals surface area contributed by atoms with Gasteiger partial charge < -0.3 is 9.31 Å². The van der Waals surface area contributed by atoms with E-state index in [1.54, 1.807) is 0 Å². The second-order valence-electron chi connectivity index (χ2n) is 9.80. The number of anilines is 2. The van der Waals surface area contributed by atoms with E-state index in [0.29, 0.717) is 0 Å². The first-order chi connectivity index (χ1) is 15.7. The summed E-state index contributed by atoms with van der Waals surface area (Å²) in [7, 11) is -0.473. The monoisotopic (exact) mass is 440 g/mol. The van der Waals surface area contributed by atoms with E-state index >= 15 is 0 Å². The summed E-state index contributed by atoms with van der Waals surface area (Å²) in [5.41, 5.74) is 4.99. The Bertz CT molecular complexity index is 1170. The Hall–Kier alpha value is -2.96. The average Bonchev–Trinajstić information content (AvgIpc) is 3.21. The van der Waals surface area contributed by atoms with Crippen molar-refractivity contribution >= 4 is 30.0 Å². The van der Waals surface area contributed by atoms with Crippen LogP contribution in [0.5, 0.6) is 0 Å². The minimum atomic E-state index is -0.473. The van der Waals surface area contributed by atoms with Crippen molar-refractivity contribution in [1.82, 2.24) is 4.98 Å². The van der Waals surface area contributed by atoms with Crippen molar-refractivity contribution < 1.29 is 14.1 Å². The lowest BCUT2D eigenvalue weighted by Crippen LogP contribution is -2.41. The maximum absolute atomic E-state index is 13.1. The largest absolute Gasteiger partial charge is 0.514 e. The molecule has 3 aromatic rings. The summed E-state index contributed by atoms with van der Waals surface area (Å²) < 4.78 is 12.2. The first-order valence-electron chi connectivity index (χ1n) is 11.6. The molecule has 0 N–H and O–H groups in total. The number of hydrogen-bond acceptors (Lipinski definition) is 4. The lowest BCUT2D eigenvalue weighted by molar-refractivity contribution is -0.118. The number of benzene rings is 2. The molecule has 2 aliphatic heterocycles. The SMILES string of the molecule is CCC1C(=O)N(c2ccc(-c3ccc(B4OC(C)(C)C(C)(C)O4)nc3)cc2)c2ccccc21. The van der Waals surface area contributed by atoms with Crippen LogP contribution < -0.4 is 10.5 Å². The molecule has 33 heavy (non-hydrogen) atoms. The van der Waals surface area contributed by atoms with Crippen LogP contribution in [0.15, 0.2) is 66.9 Å². The van der Waals surface area contributed by atoms with Crippen molar-refractivity contribution in [2.24, 2.45) is 0 Å². The van der Waals surface area contributed by atoms with Crippen LogP contribution in [0.3, 0.4) is 0 Å². The summed E-state index contributed by atoms with van der Waals surface area (Å²) in [6.45, 7) is 10.2. The van der Waals surface area contributed by atoms with Gasteiger partial charge in [0.1, 0.15) is 0 Å². The second kappa shape index (κ2) is 7.82. The molecule has 0 saturated carbocycles. The normalized spacial score (nSPS) is 20.9. The highest BCUT2D eigenvalue weighted by Gasteiger charge is 2.52. The van der Waals surface area contributed by atoms with Crippen molar-refractivity contribution in [2.75, 3.05) is 4.90 Å². The number of nitrogens with zero attached hydrogens (tertiary/aromatic N) is 2. The van der Waals surface area contributed by atoms with E-state index in [4.69, 9.17) is 9.31 Å². The van der Waals surface area contributed by atoms with Gasteiger partial charge in [0, 0.05) is 11.9 Å². The number of carbonyl (C=O) groups is 1. The first-order valence-corrected chi connectivity index (χ1v) is 11.6. The first kappa shape index (κ1) is 21.9. The zero-order chi connectivity index (χ0) is 23.4. The molecule has 0 spiro atoms. The fourth-order valence-electron chi connectivity index (χ4n) is 4.54. The van der Waals surface area contributed by atoms with Gasteiger partial charge in [-0.3, -0.25) is 14.7 Å². The molecule has 2 aliphatic rings. The predicted octanol–water partition coefficient (Wildman–Crippen LogP) is 5.22. The number of rotatable bonds is 4. The zero-order valence-corrected chi connectivity index (χ0v) is 19.8. The molecular formula is C27H29BN2O3. The van der Waals surface area contributed by atoms with Crippen LogP contribution >= 0.6 is 0 Å². The molecule has 6 heteroatoms. The standard InChI is InChI=1S/C27H29BN2O3/c1-6-21-22-9-7-8-10-23(22)30(25(21)31)20-14-11-18(12-15-20)19-13-16-24(29-17-19)28-32-26(2,3)27(4,5)33-28/h7-17,21H,6H2,1-5H3. The number of hydrogen-bond donors (Lipinski definition) is 0. The van der Waals surface area contributed by atoms with Crippen LogP contribution in [0.2, 0.25) is 0 Å². The number of fused-ring (bicyclic) bond motifs is 1. The van der Waals surface area contributed by atoms with E-state index < -0.39 is 18.3 Å². The fraction of sp³-hybridized carbons (Fsp3) is 0.333. The second-order valence-corrected chi connectivity index (χ2v) is 9.80. The highest BCUT2D eigenvalue weighted by atomic mass is 16.7. The lowest BCUT2D eigenvalue weighted by Gasteiger charge is -2.32. The number of aromatic nitrogens is 1. The Morgan fingerprint density at radius 1 is 0.909 bits per heavy atom. The Labute approximate surface area is 195 Å². The Balaban J connectivity index is 1.37. The summed E-state index contributed by atoms with van der Waals surface area (Å²) >= 11 is 0. The maximum atomic E-state index is 13.1. The van der Waals surface area contributed by atoms with Crippen molar-refractivity contribution in [1.29, 1.82) is 0 Å². The summed E-state index contributed by atoms with van der Waals surface area (Å²) in [6, 6.07) is 20.1. The van der Waals surface area contributed by atoms with E-state index in [-0.39, 0.29) is 11.8 Å². The molecule has 1 saturated heterocycles. The number of amides is 1. The highest BCUT2D eigenvalue weighted by molar-refractivity contribution is 6.61. The van der Waals surface area contributed by atoms with Gasteiger partial charge in [0.2, 0.25) is 5.91 Å². The molecular weight excluding hydrogens is 411 g/mol. The van der Waals surface area contributed by atoms with E-state index in [2.05, 4.69) is 18.0 Å². The third-order valence-corrected chi connectivity index (χ3v) is 7.22. The van der Waals surface area contributed by atoms with Crippen LogP contribution in [0.25, 0.3) is 11.1 Å². The number of para-hydroxylation sites is 1. The molecule has 2 aromatic carbocycles. The molecule has 1 amide bonds. The Kier molecular flexibility index (Phi) is 5.18. The van der Waals surface area contributed by atoms with Crippen molar-refractivity contribution in [2.45, 2.75) is 58.2 Å². The lowest BCUT2D eigenvalue weighted by atomic mass is 9.84. The predicted molar refractivity (Wildman–Crippen MR) is 132 cm³/mol. The van der Waals surface area contributed by atoms with E-state index in [9.17, 15) is 4.79 Å². The van der Waals surface area contributed by atoms with Crippen molar-refractivity contribution in [3.8, 4) is 11.1 Å². The molecule has 0 bridgehead atoms. The molecule has 1 atom stereocenters. The highest BCUT2D eigenvalue weighted by Crippen LogP contribution is 2.43. The molecule has 1 fully saturated rings. The van der Waals surface area contributed by atoms with Gasteiger partial charge in [-0.2, -0.15) is 0 Å². The summed E-state index contributed by atoms with van der Waals surface area (Å²) in [6.07, 6.45) is 2.64. The van der Waals surface area contributed by atoms with Crippen LogP contribution in [0.4, 0.5) is 11.4 Å². The fourth-order valence-corrected chi connectivity index (χ4v) is 4.54. The van der Waals surface area contributed by atoms with Gasteiger partial charge >= 0.3 is 7.12 Å². The van der Waals surface area contributed by atoms with Crippen LogP contribution in [0, 0.1) is 0 Å². The number of carbonyl (C=O) groups excluding carboxylic acids is 1. The minimum Gasteiger partial charge on any atom is -0.398 e. The molecule has 0 aliphatic carbocycles. The molecule has 1 unspecified atom stereocenters. The molecule has 0 radical (unpaired) electrons. The van der Waals surface area contributed by atoms with Gasteiger partial charge in [0.05, 0.1) is 28.4 Å². The summed E-state index contributed by atoms with van der Waals surface area (Å²) in [5.74, 6) is 0.0625. The average molecular weight is 440 g/mol. The van der Waals surface area contributed by atoms with Crippen LogP contribution in [0.1, 0.15) is 52.5 Å². The van der Waals surface area contributed by atoms with Gasteiger partial charge in [-0.15, -0.1) is 0 Å². The molecule has 1 aromatic heterocycles. The van der Waals surface area contributed by atoms with Gasteiger partial charge in [-0.05, 0) is 75.1 Å². The summed E-state index contributed by atoms with van der Waals surface area (Å²) in [4.78, 5) is 19.6.